The van der Waals surface area contributed by atoms with E-state index in [1.54, 1.807) is 7.11 Å². The van der Waals surface area contributed by atoms with Gasteiger partial charge in [-0.1, -0.05) is 6.92 Å². The van der Waals surface area contributed by atoms with E-state index in [0.29, 0.717) is 12.4 Å². The fourth-order valence-corrected chi connectivity index (χ4v) is 1.83. The standard InChI is InChI=1S/C13H24N4O/c1-5-7-11-15-12(14)10(3)13(16-11)17(6-2)8-9-18-4/h5-9H2,1-4H3,(H2,14,15,16). The van der Waals surface area contributed by atoms with Crippen LogP contribution in [-0.2, 0) is 11.2 Å². The fraction of sp³-hybridized carbons (Fsp3) is 0.692. The number of anilines is 2. The Balaban J connectivity index is 3.03. The number of likely N-dealkylation sites (N-methyl/N-ethyl adjacent to an activating group) is 1. The normalized spacial score (nSPS) is 10.7. The van der Waals surface area contributed by atoms with Crippen molar-refractivity contribution in [3.8, 4) is 0 Å². The van der Waals surface area contributed by atoms with E-state index < -0.39 is 0 Å². The fourth-order valence-electron chi connectivity index (χ4n) is 1.83. The number of aryl methyl sites for hydroxylation is 1. The van der Waals surface area contributed by atoms with Gasteiger partial charge in [-0.15, -0.1) is 0 Å². The third-order valence-electron chi connectivity index (χ3n) is 2.92. The molecule has 0 aliphatic carbocycles. The molecule has 0 bridgehead atoms. The molecular formula is C13H24N4O. The average Bonchev–Trinajstić information content (AvgIpc) is 2.36. The predicted octanol–water partition coefficient (Wildman–Crippen LogP) is 1.79. The number of methoxy groups -OCH3 is 1. The second-order valence-electron chi connectivity index (χ2n) is 4.30. The SMILES string of the molecule is CCCc1nc(N)c(C)c(N(CC)CCOC)n1. The summed E-state index contributed by atoms with van der Waals surface area (Å²) >= 11 is 0. The van der Waals surface area contributed by atoms with Gasteiger partial charge in [-0.05, 0) is 20.3 Å². The van der Waals surface area contributed by atoms with E-state index in [1.807, 2.05) is 6.92 Å². The quantitative estimate of drug-likeness (QED) is 0.801. The Labute approximate surface area is 109 Å². The van der Waals surface area contributed by atoms with Crippen molar-refractivity contribution in [1.29, 1.82) is 0 Å². The average molecular weight is 252 g/mol. The summed E-state index contributed by atoms with van der Waals surface area (Å²) in [4.78, 5) is 11.1. The third-order valence-corrected chi connectivity index (χ3v) is 2.92. The number of nitrogen functional groups attached to an aromatic ring is 1. The van der Waals surface area contributed by atoms with Crippen LogP contribution in [0.4, 0.5) is 11.6 Å². The number of ether oxygens (including phenoxy) is 1. The maximum Gasteiger partial charge on any atom is 0.137 e. The molecule has 5 nitrogen and oxygen atoms in total. The van der Waals surface area contributed by atoms with Gasteiger partial charge in [0.25, 0.3) is 0 Å². The zero-order valence-electron chi connectivity index (χ0n) is 11.9. The maximum atomic E-state index is 5.96. The van der Waals surface area contributed by atoms with E-state index in [1.165, 1.54) is 0 Å². The molecule has 2 N–H and O–H groups in total. The monoisotopic (exact) mass is 252 g/mol. The van der Waals surface area contributed by atoms with Gasteiger partial charge in [-0.25, -0.2) is 9.97 Å². The lowest BCUT2D eigenvalue weighted by atomic mass is 10.2. The highest BCUT2D eigenvalue weighted by atomic mass is 16.5. The molecule has 0 unspecified atom stereocenters. The Morgan fingerprint density at radius 1 is 1.28 bits per heavy atom. The summed E-state index contributed by atoms with van der Waals surface area (Å²) in [5.41, 5.74) is 6.92. The highest BCUT2D eigenvalue weighted by Gasteiger charge is 2.13. The van der Waals surface area contributed by atoms with Crippen LogP contribution in [0.2, 0.25) is 0 Å². The van der Waals surface area contributed by atoms with Crippen molar-refractivity contribution in [2.24, 2.45) is 0 Å². The lowest BCUT2D eigenvalue weighted by Crippen LogP contribution is -2.29. The highest BCUT2D eigenvalue weighted by Crippen LogP contribution is 2.21. The Morgan fingerprint density at radius 2 is 2.00 bits per heavy atom. The molecule has 0 saturated carbocycles. The van der Waals surface area contributed by atoms with Gasteiger partial charge in [0.1, 0.15) is 17.5 Å². The van der Waals surface area contributed by atoms with E-state index in [0.717, 1.165) is 43.1 Å². The van der Waals surface area contributed by atoms with Gasteiger partial charge in [0.05, 0.1) is 6.61 Å². The molecule has 5 heteroatoms. The van der Waals surface area contributed by atoms with Crippen LogP contribution >= 0.6 is 0 Å². The molecule has 0 fully saturated rings. The Kier molecular flexibility index (Phi) is 5.85. The van der Waals surface area contributed by atoms with Crippen molar-refractivity contribution in [3.05, 3.63) is 11.4 Å². The summed E-state index contributed by atoms with van der Waals surface area (Å²) in [7, 11) is 1.71. The lowest BCUT2D eigenvalue weighted by Gasteiger charge is -2.24. The first-order chi connectivity index (χ1) is 8.63. The van der Waals surface area contributed by atoms with Crippen LogP contribution in [0.25, 0.3) is 0 Å². The van der Waals surface area contributed by atoms with Crippen LogP contribution in [0.1, 0.15) is 31.7 Å². The molecule has 1 rings (SSSR count). The molecule has 102 valence electrons. The number of rotatable bonds is 7. The summed E-state index contributed by atoms with van der Waals surface area (Å²) in [5.74, 6) is 2.34. The first-order valence-electron chi connectivity index (χ1n) is 6.50. The van der Waals surface area contributed by atoms with Crippen LogP contribution < -0.4 is 10.6 Å². The molecule has 0 aliphatic heterocycles. The summed E-state index contributed by atoms with van der Waals surface area (Å²) < 4.78 is 5.13. The molecule has 0 amide bonds. The van der Waals surface area contributed by atoms with Gasteiger partial charge in [0, 0.05) is 32.2 Å². The molecule has 1 aromatic rings. The van der Waals surface area contributed by atoms with Gasteiger partial charge < -0.3 is 15.4 Å². The second kappa shape index (κ2) is 7.16. The van der Waals surface area contributed by atoms with E-state index in [-0.39, 0.29) is 0 Å². The second-order valence-corrected chi connectivity index (χ2v) is 4.30. The van der Waals surface area contributed by atoms with E-state index in [9.17, 15) is 0 Å². The molecule has 18 heavy (non-hydrogen) atoms. The van der Waals surface area contributed by atoms with E-state index >= 15 is 0 Å². The Hall–Kier alpha value is -1.36. The molecule has 0 spiro atoms. The molecule has 0 atom stereocenters. The highest BCUT2D eigenvalue weighted by molar-refractivity contribution is 5.56. The minimum Gasteiger partial charge on any atom is -0.383 e. The van der Waals surface area contributed by atoms with Crippen molar-refractivity contribution < 1.29 is 4.74 Å². The largest absolute Gasteiger partial charge is 0.383 e. The molecule has 0 aromatic carbocycles. The van der Waals surface area contributed by atoms with Crippen LogP contribution in [-0.4, -0.2) is 36.8 Å². The van der Waals surface area contributed by atoms with Crippen molar-refractivity contribution in [2.45, 2.75) is 33.6 Å². The molecule has 1 heterocycles. The summed E-state index contributed by atoms with van der Waals surface area (Å²) in [5, 5.41) is 0. The third kappa shape index (κ3) is 3.57. The van der Waals surface area contributed by atoms with Crippen LogP contribution in [0.3, 0.4) is 0 Å². The molecule has 0 saturated heterocycles. The first kappa shape index (κ1) is 14.7. The first-order valence-corrected chi connectivity index (χ1v) is 6.50. The Morgan fingerprint density at radius 3 is 2.56 bits per heavy atom. The zero-order chi connectivity index (χ0) is 13.5. The van der Waals surface area contributed by atoms with Crippen LogP contribution in [0, 0.1) is 6.92 Å². The molecule has 0 radical (unpaired) electrons. The van der Waals surface area contributed by atoms with Crippen molar-refractivity contribution >= 4 is 11.6 Å². The number of nitrogens with two attached hydrogens (primary N) is 1. The maximum absolute atomic E-state index is 5.96. The topological polar surface area (TPSA) is 64.3 Å². The summed E-state index contributed by atoms with van der Waals surface area (Å²) in [6.07, 6.45) is 1.88. The van der Waals surface area contributed by atoms with E-state index in [4.69, 9.17) is 10.5 Å². The number of hydrogen-bond acceptors (Lipinski definition) is 5. The van der Waals surface area contributed by atoms with Crippen molar-refractivity contribution in [2.75, 3.05) is 37.4 Å². The predicted molar refractivity (Wildman–Crippen MR) is 74.9 cm³/mol. The number of hydrogen-bond donors (Lipinski definition) is 1. The summed E-state index contributed by atoms with van der Waals surface area (Å²) in [6.45, 7) is 8.56. The van der Waals surface area contributed by atoms with E-state index in [2.05, 4.69) is 28.7 Å². The molecule has 1 aromatic heterocycles. The number of nitrogens with zero attached hydrogens (tertiary/aromatic N) is 3. The van der Waals surface area contributed by atoms with Gasteiger partial charge in [0.15, 0.2) is 0 Å². The minimum absolute atomic E-state index is 0.583. The van der Waals surface area contributed by atoms with Gasteiger partial charge in [-0.2, -0.15) is 0 Å². The minimum atomic E-state index is 0.583. The van der Waals surface area contributed by atoms with Gasteiger partial charge in [-0.3, -0.25) is 0 Å². The molecular weight excluding hydrogens is 228 g/mol. The Bertz CT molecular complexity index is 381. The smallest absolute Gasteiger partial charge is 0.137 e. The van der Waals surface area contributed by atoms with Gasteiger partial charge >= 0.3 is 0 Å². The summed E-state index contributed by atoms with van der Waals surface area (Å²) in [6, 6.07) is 0. The van der Waals surface area contributed by atoms with Gasteiger partial charge in [0.2, 0.25) is 0 Å². The van der Waals surface area contributed by atoms with Crippen LogP contribution in [0.5, 0.6) is 0 Å². The van der Waals surface area contributed by atoms with Crippen LogP contribution in [0.15, 0.2) is 0 Å². The van der Waals surface area contributed by atoms with Crippen molar-refractivity contribution in [3.63, 3.8) is 0 Å². The molecule has 0 aliphatic rings. The van der Waals surface area contributed by atoms with Crippen molar-refractivity contribution in [1.82, 2.24) is 9.97 Å². The zero-order valence-corrected chi connectivity index (χ0v) is 11.9. The lowest BCUT2D eigenvalue weighted by molar-refractivity contribution is 0.205. The number of aromatic nitrogens is 2.